The second-order valence-electron chi connectivity index (χ2n) is 17.9. The Balaban J connectivity index is 1.19. The van der Waals surface area contributed by atoms with E-state index >= 15 is 4.79 Å². The maximum atomic E-state index is 15.7. The Kier molecular flexibility index (Phi) is 14.4. The zero-order valence-corrected chi connectivity index (χ0v) is 38.7. The average molecular weight is 917 g/mol. The van der Waals surface area contributed by atoms with Crippen LogP contribution in [0, 0.1) is 5.92 Å². The molecular formula is C52H58N3O8S2-. The van der Waals surface area contributed by atoms with E-state index in [1.54, 1.807) is 72.3 Å². The van der Waals surface area contributed by atoms with Crippen LogP contribution in [0.4, 0.5) is 0 Å². The molecule has 5 aromatic carbocycles. The fourth-order valence-electron chi connectivity index (χ4n) is 9.79. The quantitative estimate of drug-likeness (QED) is 0.0524. The molecule has 342 valence electrons. The highest BCUT2D eigenvalue weighted by Crippen LogP contribution is 2.55. The molecule has 11 nitrogen and oxygen atoms in total. The fraction of sp³-hybridized carbons (Fsp3) is 0.365. The van der Waals surface area contributed by atoms with Crippen LogP contribution in [-0.4, -0.2) is 76.2 Å². The van der Waals surface area contributed by atoms with Crippen LogP contribution in [0.1, 0.15) is 75.9 Å². The van der Waals surface area contributed by atoms with Gasteiger partial charge in [0.1, 0.15) is 18.3 Å². The van der Waals surface area contributed by atoms with E-state index in [0.29, 0.717) is 68.0 Å². The predicted molar refractivity (Wildman–Crippen MR) is 258 cm³/mol. The number of nitrogens with zero attached hydrogens (tertiary/aromatic N) is 1. The van der Waals surface area contributed by atoms with Crippen molar-refractivity contribution in [2.24, 2.45) is 5.92 Å². The van der Waals surface area contributed by atoms with Crippen molar-refractivity contribution >= 4 is 38.1 Å². The molecule has 6 aromatic rings. The summed E-state index contributed by atoms with van der Waals surface area (Å²) in [6.45, 7) is 2.61. The van der Waals surface area contributed by atoms with Crippen LogP contribution in [-0.2, 0) is 42.4 Å². The van der Waals surface area contributed by atoms with E-state index in [4.69, 9.17) is 9.47 Å². The van der Waals surface area contributed by atoms with Gasteiger partial charge in [0.15, 0.2) is 23.0 Å². The molecule has 0 amide bonds. The predicted octanol–water partition coefficient (Wildman–Crippen LogP) is 8.04. The highest BCUT2D eigenvalue weighted by atomic mass is 33.1. The number of ether oxygens (including phenoxy) is 2. The SMILES string of the molecule is CNCc1cc(O)cc([C@]2(C(=O)C[C@@H](O)[C@H](Cc3cc[n-]c3)Cc3ccc(O)c(OC)c3Cc3cccc4ccccc34)CC[C@H]3SSC[C@](C)(O)CNCOc4c(O)ccc(c43)C2)c1. The second kappa shape index (κ2) is 20.2. The van der Waals surface area contributed by atoms with Crippen molar-refractivity contribution in [3.63, 3.8) is 0 Å². The molecule has 65 heavy (non-hydrogen) atoms. The van der Waals surface area contributed by atoms with E-state index in [9.17, 15) is 25.5 Å². The smallest absolute Gasteiger partial charge is 0.167 e. The van der Waals surface area contributed by atoms with Crippen LogP contribution in [0.15, 0.2) is 103 Å². The molecule has 1 aliphatic heterocycles. The van der Waals surface area contributed by atoms with Crippen LogP contribution in [0.5, 0.6) is 28.7 Å². The molecular weight excluding hydrogens is 859 g/mol. The highest BCUT2D eigenvalue weighted by molar-refractivity contribution is 8.76. The molecule has 5 atom stereocenters. The molecule has 7 N–H and O–H groups in total. The van der Waals surface area contributed by atoms with Gasteiger partial charge in [-0.1, -0.05) is 93.9 Å². The third-order valence-corrected chi connectivity index (χ3v) is 16.1. The molecule has 1 aromatic heterocycles. The average Bonchev–Trinajstić information content (AvgIpc) is 3.73. The lowest BCUT2D eigenvalue weighted by molar-refractivity contribution is -0.127. The number of hydrogen-bond donors (Lipinski definition) is 7. The van der Waals surface area contributed by atoms with Crippen molar-refractivity contribution in [2.75, 3.05) is 33.2 Å². The highest BCUT2D eigenvalue weighted by Gasteiger charge is 2.46. The molecule has 8 rings (SSSR count). The van der Waals surface area contributed by atoms with Crippen LogP contribution in [0.3, 0.4) is 0 Å². The lowest BCUT2D eigenvalue weighted by atomic mass is 9.68. The Morgan fingerprint density at radius 3 is 2.60 bits per heavy atom. The number of Topliss-reactive ketones (excluding diaryl/α,β-unsaturated/α-hetero) is 1. The van der Waals surface area contributed by atoms with Crippen LogP contribution < -0.4 is 25.1 Å². The number of methoxy groups -OCH3 is 1. The minimum Gasteiger partial charge on any atom is -0.670 e. The van der Waals surface area contributed by atoms with Gasteiger partial charge in [0, 0.05) is 48.1 Å². The van der Waals surface area contributed by atoms with Gasteiger partial charge in [0.2, 0.25) is 0 Å². The van der Waals surface area contributed by atoms with E-state index in [2.05, 4.69) is 39.9 Å². The Bertz CT molecular complexity index is 2610. The minimum atomic E-state index is -1.19. The number of ketones is 1. The monoisotopic (exact) mass is 916 g/mol. The molecule has 2 heterocycles. The second-order valence-corrected chi connectivity index (χ2v) is 20.4. The molecule has 0 saturated heterocycles. The van der Waals surface area contributed by atoms with Crippen LogP contribution >= 0.6 is 21.6 Å². The van der Waals surface area contributed by atoms with E-state index in [0.717, 1.165) is 49.7 Å². The fourth-order valence-corrected chi connectivity index (χ4v) is 13.0. The number of aliphatic hydroxyl groups is 2. The number of aromatic nitrogens is 1. The molecule has 0 fully saturated rings. The molecule has 2 aliphatic rings. The molecule has 0 bridgehead atoms. The van der Waals surface area contributed by atoms with Crippen LogP contribution in [0.2, 0.25) is 0 Å². The van der Waals surface area contributed by atoms with Crippen molar-refractivity contribution in [3.05, 3.63) is 148 Å². The van der Waals surface area contributed by atoms with Gasteiger partial charge in [-0.2, -0.15) is 12.4 Å². The third-order valence-electron chi connectivity index (χ3n) is 13.1. The van der Waals surface area contributed by atoms with E-state index in [1.807, 2.05) is 49.5 Å². The van der Waals surface area contributed by atoms with Crippen molar-refractivity contribution < 1.29 is 39.8 Å². The van der Waals surface area contributed by atoms with Gasteiger partial charge in [0.25, 0.3) is 0 Å². The Morgan fingerprint density at radius 1 is 0.985 bits per heavy atom. The van der Waals surface area contributed by atoms with Crippen molar-refractivity contribution in [2.45, 2.75) is 80.8 Å². The topological polar surface area (TPSA) is 175 Å². The molecule has 1 aliphatic carbocycles. The summed E-state index contributed by atoms with van der Waals surface area (Å²) >= 11 is 0. The summed E-state index contributed by atoms with van der Waals surface area (Å²) in [5.74, 6) is 0.594. The molecule has 13 heteroatoms. The summed E-state index contributed by atoms with van der Waals surface area (Å²) in [7, 11) is 6.52. The number of phenols is 3. The summed E-state index contributed by atoms with van der Waals surface area (Å²) in [5.41, 5.74) is 4.58. The summed E-state index contributed by atoms with van der Waals surface area (Å²) < 4.78 is 12.1. The first-order valence-corrected chi connectivity index (χ1v) is 24.5. The number of aromatic hydroxyl groups is 3. The van der Waals surface area contributed by atoms with E-state index in [1.165, 1.54) is 0 Å². The first-order chi connectivity index (χ1) is 31.4. The number of β-amino-alcohol motifs (C(OH)–C–C–N with tert-alkyl or cyclic N) is 1. The normalized spacial score (nSPS) is 21.0. The number of carbonyl (C=O) groups excluding carboxylic acids is 1. The zero-order chi connectivity index (χ0) is 45.7. The number of rotatable bonds is 14. The maximum absolute atomic E-state index is 15.7. The van der Waals surface area contributed by atoms with Crippen molar-refractivity contribution in [1.29, 1.82) is 0 Å². The summed E-state index contributed by atoms with van der Waals surface area (Å²) in [6, 6.07) is 28.6. The molecule has 0 unspecified atom stereocenters. The van der Waals surface area contributed by atoms with Crippen LogP contribution in [0.25, 0.3) is 10.8 Å². The van der Waals surface area contributed by atoms with Gasteiger partial charge < -0.3 is 45.3 Å². The van der Waals surface area contributed by atoms with Gasteiger partial charge in [-0.05, 0) is 115 Å². The van der Waals surface area contributed by atoms with E-state index in [-0.39, 0.29) is 47.9 Å². The lowest BCUT2D eigenvalue weighted by Crippen LogP contribution is -2.41. The summed E-state index contributed by atoms with van der Waals surface area (Å²) in [5, 5.41) is 65.6. The number of nitrogens with one attached hydrogen (secondary N) is 2. The third kappa shape index (κ3) is 10.3. The summed E-state index contributed by atoms with van der Waals surface area (Å²) in [4.78, 5) is 20.0. The number of phenolic OH excluding ortho intramolecular Hbond substituents is 3. The lowest BCUT2D eigenvalue weighted by Gasteiger charge is -2.35. The van der Waals surface area contributed by atoms with Gasteiger partial charge in [-0.25, -0.2) is 0 Å². The minimum absolute atomic E-state index is 0.00871. The molecule has 0 radical (unpaired) electrons. The van der Waals surface area contributed by atoms with Crippen molar-refractivity contribution in [3.8, 4) is 28.7 Å². The van der Waals surface area contributed by atoms with Gasteiger partial charge in [-0.15, -0.1) is 0 Å². The van der Waals surface area contributed by atoms with Crippen molar-refractivity contribution in [1.82, 2.24) is 15.6 Å². The van der Waals surface area contributed by atoms with Gasteiger partial charge in [0.05, 0.1) is 24.2 Å². The standard InChI is InChI=1S/C52H58N3O8S2/c1-51(61)29-55-31-63-50-44(58)14-12-37-26-52(17-15-46(48(37)50)65-64-30-51,39-20-33(27-53-2)21-40(56)24-39)47(60)25-45(59)38(19-32-16-18-54-28-32)22-36-11-13-43(57)49(62-3)42(36)23-35-9-6-8-34-7-4-5-10-41(34)35/h4-14,16,18,20-21,24,28,38,45-46,53,55-59,61H,15,17,19,22-23,25-27,29-31H2,1-3H3/q-1/t38-,45-,46-,51-,52+/m1/s1. The first-order valence-electron chi connectivity index (χ1n) is 22.2. The Morgan fingerprint density at radius 2 is 1.80 bits per heavy atom. The molecule has 0 spiro atoms. The van der Waals surface area contributed by atoms with Gasteiger partial charge in [-0.3, -0.25) is 10.1 Å². The largest absolute Gasteiger partial charge is 0.670 e. The number of carbonyl (C=O) groups is 1. The zero-order valence-electron chi connectivity index (χ0n) is 37.0. The first kappa shape index (κ1) is 46.4. The van der Waals surface area contributed by atoms with E-state index < -0.39 is 23.0 Å². The number of hydrogen-bond acceptors (Lipinski definition) is 12. The summed E-state index contributed by atoms with van der Waals surface area (Å²) in [6.07, 6.45) is 4.62. The number of aliphatic hydroxyl groups excluding tert-OH is 1. The maximum Gasteiger partial charge on any atom is 0.167 e. The number of benzene rings is 5. The van der Waals surface area contributed by atoms with Gasteiger partial charge >= 0.3 is 0 Å². The molecule has 0 saturated carbocycles. The number of fused-ring (bicyclic) bond motifs is 1. The Labute approximate surface area is 388 Å². The Hall–Kier alpha value is -5.15.